The lowest BCUT2D eigenvalue weighted by Gasteiger charge is -2.11. The molecule has 0 aliphatic heterocycles. The lowest BCUT2D eigenvalue weighted by Crippen LogP contribution is -2.14. The highest BCUT2D eigenvalue weighted by atomic mass is 19.4. The van der Waals surface area contributed by atoms with E-state index >= 15 is 0 Å². The molecule has 0 aliphatic carbocycles. The quantitative estimate of drug-likeness (QED) is 0.848. The summed E-state index contributed by atoms with van der Waals surface area (Å²) in [5.41, 5.74) is -0.665. The molecule has 2 rings (SSSR count). The molecule has 0 amide bonds. The van der Waals surface area contributed by atoms with Gasteiger partial charge in [0.15, 0.2) is 11.4 Å². The van der Waals surface area contributed by atoms with E-state index in [0.29, 0.717) is 4.68 Å². The highest BCUT2D eigenvalue weighted by Crippen LogP contribution is 2.32. The van der Waals surface area contributed by atoms with Gasteiger partial charge in [-0.3, -0.25) is 0 Å². The second kappa shape index (κ2) is 4.96. The van der Waals surface area contributed by atoms with Crippen LogP contribution in [0.25, 0.3) is 5.69 Å². The van der Waals surface area contributed by atoms with Gasteiger partial charge in [0.25, 0.3) is 0 Å². The standard InChI is InChI=1S/C13H11F3N4/c1-8(2)9-3-5-10(6-4-9)20-12(13(14,15)16)11(7-17)18-19-20/h3-6,8H,1-2H3. The Hall–Kier alpha value is -2.36. The van der Waals surface area contributed by atoms with Crippen molar-refractivity contribution in [3.05, 3.63) is 41.2 Å². The summed E-state index contributed by atoms with van der Waals surface area (Å²) in [5, 5.41) is 15.4. The van der Waals surface area contributed by atoms with Gasteiger partial charge in [0.1, 0.15) is 6.07 Å². The molecule has 1 aromatic heterocycles. The van der Waals surface area contributed by atoms with Crippen molar-refractivity contribution >= 4 is 0 Å². The van der Waals surface area contributed by atoms with Crippen LogP contribution in [0.2, 0.25) is 0 Å². The molecule has 0 saturated carbocycles. The lowest BCUT2D eigenvalue weighted by molar-refractivity contribution is -0.143. The fourth-order valence-corrected chi connectivity index (χ4v) is 1.79. The molecule has 4 nitrogen and oxygen atoms in total. The first-order valence-electron chi connectivity index (χ1n) is 5.88. The molecule has 0 aliphatic rings. The van der Waals surface area contributed by atoms with Crippen molar-refractivity contribution in [2.75, 3.05) is 0 Å². The molecular weight excluding hydrogens is 269 g/mol. The van der Waals surface area contributed by atoms with Gasteiger partial charge < -0.3 is 0 Å². The maximum absolute atomic E-state index is 13.0. The summed E-state index contributed by atoms with van der Waals surface area (Å²) in [4.78, 5) is 0. The topological polar surface area (TPSA) is 54.5 Å². The monoisotopic (exact) mass is 280 g/mol. The van der Waals surface area contributed by atoms with Crippen LogP contribution in [0.1, 0.15) is 36.7 Å². The van der Waals surface area contributed by atoms with Gasteiger partial charge in [-0.2, -0.15) is 18.4 Å². The molecule has 0 saturated heterocycles. The van der Waals surface area contributed by atoms with Crippen LogP contribution in [0.5, 0.6) is 0 Å². The van der Waals surface area contributed by atoms with E-state index in [1.807, 2.05) is 13.8 Å². The predicted molar refractivity (Wildman–Crippen MR) is 65.2 cm³/mol. The first-order valence-corrected chi connectivity index (χ1v) is 5.88. The molecule has 1 heterocycles. The molecule has 20 heavy (non-hydrogen) atoms. The Labute approximate surface area is 113 Å². The second-order valence-corrected chi connectivity index (χ2v) is 4.55. The van der Waals surface area contributed by atoms with Crippen LogP contribution in [-0.2, 0) is 6.18 Å². The number of hydrogen-bond donors (Lipinski definition) is 0. The molecule has 0 unspecified atom stereocenters. The Balaban J connectivity index is 2.54. The van der Waals surface area contributed by atoms with E-state index in [1.54, 1.807) is 12.1 Å². The second-order valence-electron chi connectivity index (χ2n) is 4.55. The van der Waals surface area contributed by atoms with E-state index in [1.165, 1.54) is 18.2 Å². The highest BCUT2D eigenvalue weighted by Gasteiger charge is 2.40. The van der Waals surface area contributed by atoms with Crippen molar-refractivity contribution in [2.24, 2.45) is 0 Å². The van der Waals surface area contributed by atoms with Crippen molar-refractivity contribution in [3.8, 4) is 11.8 Å². The van der Waals surface area contributed by atoms with Gasteiger partial charge in [-0.25, -0.2) is 4.68 Å². The minimum atomic E-state index is -4.69. The fraction of sp³-hybridized carbons (Fsp3) is 0.308. The summed E-state index contributed by atoms with van der Waals surface area (Å²) >= 11 is 0. The van der Waals surface area contributed by atoms with Crippen LogP contribution in [0.15, 0.2) is 24.3 Å². The largest absolute Gasteiger partial charge is 0.436 e. The first kappa shape index (κ1) is 14.1. The average Bonchev–Trinajstić information content (AvgIpc) is 2.82. The average molecular weight is 280 g/mol. The van der Waals surface area contributed by atoms with Gasteiger partial charge >= 0.3 is 6.18 Å². The maximum Gasteiger partial charge on any atom is 0.436 e. The molecular formula is C13H11F3N4. The maximum atomic E-state index is 13.0. The number of hydrogen-bond acceptors (Lipinski definition) is 3. The summed E-state index contributed by atoms with van der Waals surface area (Å²) in [6.07, 6.45) is -4.69. The van der Waals surface area contributed by atoms with Gasteiger partial charge in [-0.15, -0.1) is 5.10 Å². The smallest absolute Gasteiger partial charge is 0.207 e. The highest BCUT2D eigenvalue weighted by molar-refractivity contribution is 5.39. The number of aromatic nitrogens is 3. The zero-order valence-electron chi connectivity index (χ0n) is 10.8. The number of nitrogens with zero attached hydrogens (tertiary/aromatic N) is 4. The SMILES string of the molecule is CC(C)c1ccc(-n2nnc(C#N)c2C(F)(F)F)cc1. The zero-order chi connectivity index (χ0) is 14.9. The van der Waals surface area contributed by atoms with Crippen LogP contribution in [0.4, 0.5) is 13.2 Å². The lowest BCUT2D eigenvalue weighted by atomic mass is 10.0. The number of halogens is 3. The Morgan fingerprint density at radius 3 is 2.25 bits per heavy atom. The Morgan fingerprint density at radius 2 is 1.80 bits per heavy atom. The van der Waals surface area contributed by atoms with Gasteiger partial charge in [0.05, 0.1) is 5.69 Å². The van der Waals surface area contributed by atoms with E-state index < -0.39 is 17.6 Å². The van der Waals surface area contributed by atoms with Gasteiger partial charge in [-0.1, -0.05) is 31.2 Å². The number of nitriles is 1. The molecule has 0 N–H and O–H groups in total. The Bertz CT molecular complexity index is 648. The molecule has 1 aromatic carbocycles. The summed E-state index contributed by atoms with van der Waals surface area (Å²) in [6, 6.07) is 7.92. The van der Waals surface area contributed by atoms with Crippen molar-refractivity contribution in [2.45, 2.75) is 25.9 Å². The van der Waals surface area contributed by atoms with Gasteiger partial charge in [-0.05, 0) is 23.6 Å². The van der Waals surface area contributed by atoms with Crippen LogP contribution < -0.4 is 0 Å². The van der Waals surface area contributed by atoms with E-state index in [-0.39, 0.29) is 11.6 Å². The number of alkyl halides is 3. The van der Waals surface area contributed by atoms with Crippen LogP contribution in [0, 0.1) is 11.3 Å². The molecule has 0 atom stereocenters. The number of benzene rings is 1. The zero-order valence-corrected chi connectivity index (χ0v) is 10.8. The van der Waals surface area contributed by atoms with Crippen molar-refractivity contribution in [1.29, 1.82) is 5.26 Å². The van der Waals surface area contributed by atoms with E-state index in [0.717, 1.165) is 5.56 Å². The van der Waals surface area contributed by atoms with Crippen LogP contribution in [-0.4, -0.2) is 15.0 Å². The first-order chi connectivity index (χ1) is 9.34. The third kappa shape index (κ3) is 2.50. The minimum Gasteiger partial charge on any atom is -0.207 e. The van der Waals surface area contributed by atoms with Crippen molar-refractivity contribution in [3.63, 3.8) is 0 Å². The van der Waals surface area contributed by atoms with E-state index in [4.69, 9.17) is 5.26 Å². The van der Waals surface area contributed by atoms with Gasteiger partial charge in [0.2, 0.25) is 0 Å². The molecule has 104 valence electrons. The number of rotatable bonds is 2. The third-order valence-corrected chi connectivity index (χ3v) is 2.85. The summed E-state index contributed by atoms with van der Waals surface area (Å²) in [6.45, 7) is 3.97. The van der Waals surface area contributed by atoms with E-state index in [2.05, 4.69) is 10.3 Å². The molecule has 0 bridgehead atoms. The van der Waals surface area contributed by atoms with Gasteiger partial charge in [0, 0.05) is 0 Å². The predicted octanol–water partition coefficient (Wildman–Crippen LogP) is 3.28. The fourth-order valence-electron chi connectivity index (χ4n) is 1.79. The Kier molecular flexibility index (Phi) is 3.49. The molecule has 0 spiro atoms. The normalized spacial score (nSPS) is 11.7. The molecule has 0 fully saturated rings. The Morgan fingerprint density at radius 1 is 1.20 bits per heavy atom. The summed E-state index contributed by atoms with van der Waals surface area (Å²) in [7, 11) is 0. The summed E-state index contributed by atoms with van der Waals surface area (Å²) < 4.78 is 39.6. The van der Waals surface area contributed by atoms with Crippen LogP contribution in [0.3, 0.4) is 0 Å². The van der Waals surface area contributed by atoms with E-state index in [9.17, 15) is 13.2 Å². The van der Waals surface area contributed by atoms with Crippen molar-refractivity contribution < 1.29 is 13.2 Å². The minimum absolute atomic E-state index is 0.218. The molecule has 2 aromatic rings. The molecule has 0 radical (unpaired) electrons. The third-order valence-electron chi connectivity index (χ3n) is 2.85. The van der Waals surface area contributed by atoms with Crippen LogP contribution >= 0.6 is 0 Å². The summed E-state index contributed by atoms with van der Waals surface area (Å²) in [5.74, 6) is 0.275. The molecule has 7 heteroatoms. The van der Waals surface area contributed by atoms with Crippen molar-refractivity contribution in [1.82, 2.24) is 15.0 Å².